The van der Waals surface area contributed by atoms with Gasteiger partial charge in [0.05, 0.1) is 40.0 Å². The first kappa shape index (κ1) is 25.2. The maximum Gasteiger partial charge on any atom is 0.243 e. The lowest BCUT2D eigenvalue weighted by Gasteiger charge is -2.38. The van der Waals surface area contributed by atoms with Gasteiger partial charge in [0.25, 0.3) is 0 Å². The van der Waals surface area contributed by atoms with Crippen LogP contribution in [0.25, 0.3) is 0 Å². The molecule has 1 radical (unpaired) electrons. The summed E-state index contributed by atoms with van der Waals surface area (Å²) in [5.74, 6) is -0.164. The molecule has 1 N–H and O–H groups in total. The van der Waals surface area contributed by atoms with Gasteiger partial charge in [-0.3, -0.25) is 4.79 Å². The third-order valence-electron chi connectivity index (χ3n) is 6.69. The second kappa shape index (κ2) is 10.5. The van der Waals surface area contributed by atoms with Crippen LogP contribution in [0.5, 0.6) is 0 Å². The van der Waals surface area contributed by atoms with Crippen LogP contribution >= 0.6 is 0 Å². The number of amides is 1. The van der Waals surface area contributed by atoms with Crippen LogP contribution in [0, 0.1) is 17.8 Å². The third kappa shape index (κ3) is 5.04. The third-order valence-corrected chi connectivity index (χ3v) is 8.47. The number of aryl methyl sites for hydroxylation is 1. The number of nitrogens with one attached hydrogen (secondary N) is 1. The van der Waals surface area contributed by atoms with Crippen LogP contribution in [0.1, 0.15) is 22.4 Å². The molecule has 8 nitrogen and oxygen atoms in total. The molecular formula is C29H26N5O3S. The molecule has 38 heavy (non-hydrogen) atoms. The largest absolute Gasteiger partial charge is 0.353 e. The van der Waals surface area contributed by atoms with Gasteiger partial charge in [-0.2, -0.15) is 5.26 Å². The first-order valence-corrected chi connectivity index (χ1v) is 13.6. The lowest BCUT2D eigenvalue weighted by atomic mass is 9.93. The Hall–Kier alpha value is -4.42. The Labute approximate surface area is 222 Å². The summed E-state index contributed by atoms with van der Waals surface area (Å²) in [5.41, 5.74) is 4.22. The highest BCUT2D eigenvalue weighted by Gasteiger charge is 2.32. The molecule has 1 amide bonds. The lowest BCUT2D eigenvalue weighted by molar-refractivity contribution is -0.122. The summed E-state index contributed by atoms with van der Waals surface area (Å²) < 4.78 is 27.6. The number of carbonyl (C=O) groups is 1. The highest BCUT2D eigenvalue weighted by Crippen LogP contribution is 2.32. The van der Waals surface area contributed by atoms with Gasteiger partial charge in [0, 0.05) is 25.5 Å². The fourth-order valence-corrected chi connectivity index (χ4v) is 5.86. The van der Waals surface area contributed by atoms with E-state index in [4.69, 9.17) is 0 Å². The first-order valence-electron chi connectivity index (χ1n) is 12.1. The summed E-state index contributed by atoms with van der Waals surface area (Å²) in [6.45, 7) is 0.727. The van der Waals surface area contributed by atoms with Gasteiger partial charge in [-0.1, -0.05) is 30.3 Å². The van der Waals surface area contributed by atoms with Crippen LogP contribution in [0.3, 0.4) is 0 Å². The van der Waals surface area contributed by atoms with E-state index in [1.54, 1.807) is 73.2 Å². The van der Waals surface area contributed by atoms with E-state index in [-0.39, 0.29) is 22.2 Å². The highest BCUT2D eigenvalue weighted by atomic mass is 32.2. The van der Waals surface area contributed by atoms with Gasteiger partial charge < -0.3 is 14.8 Å². The molecule has 0 saturated heterocycles. The van der Waals surface area contributed by atoms with Crippen molar-refractivity contribution in [3.63, 3.8) is 0 Å². The summed E-state index contributed by atoms with van der Waals surface area (Å²) in [4.78, 5) is 20.0. The number of carbonyl (C=O) groups excluding carboxylic acids is 1. The van der Waals surface area contributed by atoms with Crippen LogP contribution in [0.15, 0.2) is 95.1 Å². The molecule has 5 rings (SSSR count). The molecule has 191 valence electrons. The van der Waals surface area contributed by atoms with E-state index in [9.17, 15) is 18.5 Å². The highest BCUT2D eigenvalue weighted by molar-refractivity contribution is 7.91. The molecule has 1 aromatic heterocycles. The number of fused-ring (bicyclic) bond motifs is 1. The van der Waals surface area contributed by atoms with Gasteiger partial charge in [-0.15, -0.1) is 0 Å². The molecule has 4 aromatic rings. The predicted molar refractivity (Wildman–Crippen MR) is 143 cm³/mol. The summed E-state index contributed by atoms with van der Waals surface area (Å²) in [6, 6.07) is 22.0. The van der Waals surface area contributed by atoms with Gasteiger partial charge in [0.1, 0.15) is 6.04 Å². The molecule has 0 spiro atoms. The van der Waals surface area contributed by atoms with Gasteiger partial charge in [-0.25, -0.2) is 13.4 Å². The van der Waals surface area contributed by atoms with Gasteiger partial charge in [-0.05, 0) is 66.4 Å². The Morgan fingerprint density at radius 1 is 1.08 bits per heavy atom. The van der Waals surface area contributed by atoms with Crippen LogP contribution in [-0.2, 0) is 41.2 Å². The minimum atomic E-state index is -3.60. The van der Waals surface area contributed by atoms with Crippen molar-refractivity contribution in [3.05, 3.63) is 114 Å². The molecule has 3 aromatic carbocycles. The summed E-state index contributed by atoms with van der Waals surface area (Å²) in [5, 5.41) is 12.3. The Bertz CT molecular complexity index is 1610. The zero-order valence-electron chi connectivity index (χ0n) is 20.8. The zero-order chi connectivity index (χ0) is 26.7. The number of rotatable bonds is 7. The molecule has 9 heteroatoms. The standard InChI is InChI=1S/C29H26N5O3S/c1-33-20-31-18-24(33)19-34-27-13-9-22(16-30)15-23(27)10-14-28(34)29(35)32-17-21-7-11-26(12-8-21)38(36,37)25-5-3-2-4-6-25/h2-9,11-15,18,20,28H,10,17,19H2,1H3,(H,32,35). The average molecular weight is 525 g/mol. The number of imidazole rings is 1. The van der Waals surface area contributed by atoms with Crippen LogP contribution in [0.4, 0.5) is 5.69 Å². The molecule has 1 aliphatic heterocycles. The van der Waals surface area contributed by atoms with Crippen molar-refractivity contribution in [2.75, 3.05) is 4.90 Å². The van der Waals surface area contributed by atoms with Crippen molar-refractivity contribution < 1.29 is 13.2 Å². The molecule has 1 atom stereocenters. The van der Waals surface area contributed by atoms with Crippen molar-refractivity contribution >= 4 is 21.4 Å². The summed E-state index contributed by atoms with van der Waals surface area (Å²) >= 11 is 0. The number of anilines is 1. The monoisotopic (exact) mass is 524 g/mol. The number of sulfone groups is 1. The van der Waals surface area contributed by atoms with E-state index >= 15 is 0 Å². The number of hydrogen-bond donors (Lipinski definition) is 1. The van der Waals surface area contributed by atoms with Gasteiger partial charge >= 0.3 is 0 Å². The second-order valence-corrected chi connectivity index (χ2v) is 11.1. The quantitative estimate of drug-likeness (QED) is 0.396. The molecular weight excluding hydrogens is 498 g/mol. The lowest BCUT2D eigenvalue weighted by Crippen LogP contribution is -2.49. The number of aromatic nitrogens is 2. The molecule has 1 unspecified atom stereocenters. The Morgan fingerprint density at radius 3 is 2.50 bits per heavy atom. The maximum atomic E-state index is 13.4. The maximum absolute atomic E-state index is 13.4. The topological polar surface area (TPSA) is 108 Å². The van der Waals surface area contributed by atoms with Gasteiger partial charge in [0.15, 0.2) is 0 Å². The minimum absolute atomic E-state index is 0.164. The Kier molecular flexibility index (Phi) is 6.99. The fraction of sp³-hybridized carbons (Fsp3) is 0.172. The van der Waals surface area contributed by atoms with Crippen molar-refractivity contribution in [1.82, 2.24) is 14.9 Å². The van der Waals surface area contributed by atoms with E-state index < -0.39 is 15.9 Å². The van der Waals surface area contributed by atoms with Crippen LogP contribution in [0.2, 0.25) is 0 Å². The van der Waals surface area contributed by atoms with Crippen molar-refractivity contribution in [2.24, 2.45) is 7.05 Å². The molecule has 0 aliphatic carbocycles. The van der Waals surface area contributed by atoms with Gasteiger partial charge in [0.2, 0.25) is 15.7 Å². The van der Waals surface area contributed by atoms with E-state index in [0.29, 0.717) is 18.5 Å². The SMILES string of the molecule is Cn1cncc1CN1c2ccc(C#N)cc2C[CH]C1C(=O)NCc1ccc(S(=O)(=O)c2ccccc2)cc1. The molecule has 0 bridgehead atoms. The fourth-order valence-electron chi connectivity index (χ4n) is 4.57. The van der Waals surface area contributed by atoms with E-state index in [1.165, 1.54) is 0 Å². The van der Waals surface area contributed by atoms with E-state index in [1.807, 2.05) is 35.1 Å². The second-order valence-electron chi connectivity index (χ2n) is 9.14. The van der Waals surface area contributed by atoms with Crippen LogP contribution < -0.4 is 10.2 Å². The zero-order valence-corrected chi connectivity index (χ0v) is 21.6. The first-order chi connectivity index (χ1) is 18.4. The Morgan fingerprint density at radius 2 is 1.82 bits per heavy atom. The predicted octanol–water partition coefficient (Wildman–Crippen LogP) is 3.58. The van der Waals surface area contributed by atoms with Crippen LogP contribution in [-0.4, -0.2) is 29.9 Å². The molecule has 0 saturated carbocycles. The number of nitriles is 1. The summed E-state index contributed by atoms with van der Waals surface area (Å²) in [7, 11) is -1.69. The average Bonchev–Trinajstić information content (AvgIpc) is 3.36. The summed E-state index contributed by atoms with van der Waals surface area (Å²) in [6.07, 6.45) is 6.01. The van der Waals surface area contributed by atoms with Crippen molar-refractivity contribution in [1.29, 1.82) is 5.26 Å². The molecule has 0 fully saturated rings. The smallest absolute Gasteiger partial charge is 0.243 e. The Balaban J connectivity index is 1.32. The number of nitrogens with zero attached hydrogens (tertiary/aromatic N) is 4. The number of hydrogen-bond acceptors (Lipinski definition) is 6. The van der Waals surface area contributed by atoms with E-state index in [2.05, 4.69) is 16.4 Å². The van der Waals surface area contributed by atoms with Crippen molar-refractivity contribution in [3.8, 4) is 6.07 Å². The minimum Gasteiger partial charge on any atom is -0.353 e. The van der Waals surface area contributed by atoms with E-state index in [0.717, 1.165) is 22.5 Å². The number of benzene rings is 3. The molecule has 2 heterocycles. The normalized spacial score (nSPS) is 14.9. The van der Waals surface area contributed by atoms with Crippen molar-refractivity contribution in [2.45, 2.75) is 35.3 Å². The molecule has 1 aliphatic rings.